The van der Waals surface area contributed by atoms with E-state index in [9.17, 15) is 4.79 Å². The SMILES string of the molecule is O=CCCC(Cl)c1ccc(Br)s1. The van der Waals surface area contributed by atoms with Crippen molar-refractivity contribution < 1.29 is 4.79 Å². The van der Waals surface area contributed by atoms with Crippen LogP contribution < -0.4 is 0 Å². The zero-order valence-corrected chi connectivity index (χ0v) is 9.45. The normalized spacial score (nSPS) is 12.8. The van der Waals surface area contributed by atoms with Crippen molar-refractivity contribution in [2.45, 2.75) is 18.2 Å². The summed E-state index contributed by atoms with van der Waals surface area (Å²) < 4.78 is 1.08. The van der Waals surface area contributed by atoms with Crippen LogP contribution in [0, 0.1) is 0 Å². The number of hydrogen-bond acceptors (Lipinski definition) is 2. The fraction of sp³-hybridized carbons (Fsp3) is 0.375. The van der Waals surface area contributed by atoms with Gasteiger partial charge in [0, 0.05) is 11.3 Å². The van der Waals surface area contributed by atoms with Crippen molar-refractivity contribution in [1.82, 2.24) is 0 Å². The maximum atomic E-state index is 10.1. The molecule has 12 heavy (non-hydrogen) atoms. The summed E-state index contributed by atoms with van der Waals surface area (Å²) in [5.41, 5.74) is 0. The lowest BCUT2D eigenvalue weighted by molar-refractivity contribution is -0.107. The molecule has 1 atom stereocenters. The Bertz CT molecular complexity index is 261. The van der Waals surface area contributed by atoms with E-state index in [4.69, 9.17) is 11.6 Å². The molecule has 4 heteroatoms. The highest BCUT2D eigenvalue weighted by Gasteiger charge is 2.09. The highest BCUT2D eigenvalue weighted by molar-refractivity contribution is 9.11. The van der Waals surface area contributed by atoms with E-state index in [1.54, 1.807) is 11.3 Å². The minimum absolute atomic E-state index is 0.0218. The van der Waals surface area contributed by atoms with Crippen molar-refractivity contribution in [2.75, 3.05) is 0 Å². The Morgan fingerprint density at radius 2 is 2.42 bits per heavy atom. The number of carbonyl (C=O) groups excluding carboxylic acids is 1. The Kier molecular flexibility index (Phi) is 4.26. The second kappa shape index (κ2) is 5.00. The molecule has 0 fully saturated rings. The Morgan fingerprint density at radius 3 is 2.92 bits per heavy atom. The standard InChI is InChI=1S/C8H8BrClOS/c9-8-4-3-7(12-8)6(10)2-1-5-11/h3-6H,1-2H2. The van der Waals surface area contributed by atoms with E-state index in [-0.39, 0.29) is 5.38 Å². The van der Waals surface area contributed by atoms with Gasteiger partial charge < -0.3 is 4.79 Å². The fourth-order valence-corrected chi connectivity index (χ4v) is 2.62. The summed E-state index contributed by atoms with van der Waals surface area (Å²) in [6.07, 6.45) is 2.15. The van der Waals surface area contributed by atoms with E-state index in [0.717, 1.165) is 21.4 Å². The van der Waals surface area contributed by atoms with Gasteiger partial charge in [0.05, 0.1) is 9.16 Å². The van der Waals surface area contributed by atoms with Crippen LogP contribution in [0.1, 0.15) is 23.1 Å². The van der Waals surface area contributed by atoms with Gasteiger partial charge >= 0.3 is 0 Å². The molecule has 1 nitrogen and oxygen atoms in total. The summed E-state index contributed by atoms with van der Waals surface area (Å²) in [7, 11) is 0. The topological polar surface area (TPSA) is 17.1 Å². The molecule has 66 valence electrons. The summed E-state index contributed by atoms with van der Waals surface area (Å²) in [4.78, 5) is 11.2. The third-order valence-corrected chi connectivity index (χ3v) is 3.76. The van der Waals surface area contributed by atoms with Gasteiger partial charge in [-0.25, -0.2) is 0 Å². The predicted octanol–water partition coefficient (Wildman–Crippen LogP) is 3.77. The van der Waals surface area contributed by atoms with E-state index in [0.29, 0.717) is 6.42 Å². The van der Waals surface area contributed by atoms with E-state index < -0.39 is 0 Å². The van der Waals surface area contributed by atoms with Crippen LogP contribution in [-0.2, 0) is 4.79 Å². The molecule has 0 aliphatic rings. The monoisotopic (exact) mass is 266 g/mol. The van der Waals surface area contributed by atoms with Crippen LogP contribution in [-0.4, -0.2) is 6.29 Å². The van der Waals surface area contributed by atoms with Gasteiger partial charge in [0.15, 0.2) is 0 Å². The maximum Gasteiger partial charge on any atom is 0.120 e. The van der Waals surface area contributed by atoms with Gasteiger partial charge in [0.1, 0.15) is 6.29 Å². The molecule has 1 heterocycles. The predicted molar refractivity (Wildman–Crippen MR) is 55.9 cm³/mol. The Hall–Kier alpha value is 0.140. The van der Waals surface area contributed by atoms with Crippen molar-refractivity contribution in [3.8, 4) is 0 Å². The molecule has 1 aromatic heterocycles. The van der Waals surface area contributed by atoms with Crippen molar-refractivity contribution in [1.29, 1.82) is 0 Å². The average Bonchev–Trinajstić information content (AvgIpc) is 2.47. The summed E-state index contributed by atoms with van der Waals surface area (Å²) in [5, 5.41) is -0.0218. The van der Waals surface area contributed by atoms with Crippen LogP contribution in [0.15, 0.2) is 15.9 Å². The number of aldehydes is 1. The van der Waals surface area contributed by atoms with Crippen LogP contribution in [0.2, 0.25) is 0 Å². The lowest BCUT2D eigenvalue weighted by atomic mass is 10.2. The molecular weight excluding hydrogens is 260 g/mol. The molecule has 0 amide bonds. The minimum atomic E-state index is -0.0218. The molecule has 0 aliphatic heterocycles. The highest BCUT2D eigenvalue weighted by atomic mass is 79.9. The zero-order chi connectivity index (χ0) is 8.97. The molecule has 0 radical (unpaired) electrons. The lowest BCUT2D eigenvalue weighted by Crippen LogP contribution is -1.86. The zero-order valence-electron chi connectivity index (χ0n) is 6.30. The van der Waals surface area contributed by atoms with E-state index >= 15 is 0 Å². The van der Waals surface area contributed by atoms with Crippen molar-refractivity contribution >= 4 is 45.2 Å². The number of rotatable bonds is 4. The molecule has 1 unspecified atom stereocenters. The number of thiophene rings is 1. The Balaban J connectivity index is 2.52. The number of halogens is 2. The highest BCUT2D eigenvalue weighted by Crippen LogP contribution is 2.33. The van der Waals surface area contributed by atoms with E-state index in [1.165, 1.54) is 0 Å². The van der Waals surface area contributed by atoms with Gasteiger partial charge in [-0.3, -0.25) is 0 Å². The van der Waals surface area contributed by atoms with Gasteiger partial charge in [-0.05, 0) is 34.5 Å². The van der Waals surface area contributed by atoms with Crippen LogP contribution in [0.4, 0.5) is 0 Å². The van der Waals surface area contributed by atoms with Crippen molar-refractivity contribution in [3.05, 3.63) is 20.8 Å². The Morgan fingerprint density at radius 1 is 1.67 bits per heavy atom. The molecular formula is C8H8BrClOS. The maximum absolute atomic E-state index is 10.1. The molecule has 0 aromatic carbocycles. The van der Waals surface area contributed by atoms with Gasteiger partial charge in [0.2, 0.25) is 0 Å². The minimum Gasteiger partial charge on any atom is -0.303 e. The summed E-state index contributed by atoms with van der Waals surface area (Å²) in [6.45, 7) is 0. The second-order valence-corrected chi connectivity index (χ2v) is 5.37. The number of carbonyl (C=O) groups is 1. The van der Waals surface area contributed by atoms with Crippen molar-refractivity contribution in [2.24, 2.45) is 0 Å². The molecule has 0 saturated heterocycles. The van der Waals surface area contributed by atoms with E-state index in [1.807, 2.05) is 12.1 Å². The molecule has 1 aromatic rings. The molecule has 0 saturated carbocycles. The van der Waals surface area contributed by atoms with Gasteiger partial charge in [-0.1, -0.05) is 0 Å². The summed E-state index contributed by atoms with van der Waals surface area (Å²) >= 11 is 11.0. The van der Waals surface area contributed by atoms with Crippen molar-refractivity contribution in [3.63, 3.8) is 0 Å². The molecule has 1 rings (SSSR count). The van der Waals surface area contributed by atoms with Crippen LogP contribution in [0.25, 0.3) is 0 Å². The first-order chi connectivity index (χ1) is 5.74. The summed E-state index contributed by atoms with van der Waals surface area (Å²) in [5.74, 6) is 0. The number of hydrogen-bond donors (Lipinski definition) is 0. The first kappa shape index (κ1) is 10.2. The fourth-order valence-electron chi connectivity index (χ4n) is 0.853. The number of alkyl halides is 1. The molecule has 0 aliphatic carbocycles. The third kappa shape index (κ3) is 2.88. The average molecular weight is 268 g/mol. The first-order valence-corrected chi connectivity index (χ1v) is 5.61. The van der Waals surface area contributed by atoms with Crippen LogP contribution in [0.5, 0.6) is 0 Å². The molecule has 0 N–H and O–H groups in total. The van der Waals surface area contributed by atoms with Crippen LogP contribution in [0.3, 0.4) is 0 Å². The molecule has 0 spiro atoms. The van der Waals surface area contributed by atoms with Crippen LogP contribution >= 0.6 is 38.9 Å². The van der Waals surface area contributed by atoms with Gasteiger partial charge in [-0.15, -0.1) is 22.9 Å². The smallest absolute Gasteiger partial charge is 0.120 e. The largest absolute Gasteiger partial charge is 0.303 e. The quantitative estimate of drug-likeness (QED) is 0.599. The second-order valence-electron chi connectivity index (χ2n) is 2.35. The summed E-state index contributed by atoms with van der Waals surface area (Å²) in [6, 6.07) is 3.95. The van der Waals surface area contributed by atoms with Gasteiger partial charge in [0.25, 0.3) is 0 Å². The molecule has 0 bridgehead atoms. The first-order valence-electron chi connectivity index (χ1n) is 3.57. The van der Waals surface area contributed by atoms with Gasteiger partial charge in [-0.2, -0.15) is 0 Å². The lowest BCUT2D eigenvalue weighted by Gasteiger charge is -2.02. The Labute approximate surface area is 88.9 Å². The third-order valence-electron chi connectivity index (χ3n) is 1.44. The van der Waals surface area contributed by atoms with E-state index in [2.05, 4.69) is 15.9 Å².